The third kappa shape index (κ3) is 2.97. The Morgan fingerprint density at radius 1 is 1.16 bits per heavy atom. The summed E-state index contributed by atoms with van der Waals surface area (Å²) in [6.45, 7) is 2.67. The van der Waals surface area contributed by atoms with Gasteiger partial charge in [-0.25, -0.2) is 0 Å². The van der Waals surface area contributed by atoms with Crippen molar-refractivity contribution in [1.82, 2.24) is 0 Å². The minimum absolute atomic E-state index is 0.0316. The summed E-state index contributed by atoms with van der Waals surface area (Å²) in [6, 6.07) is 13.6. The number of ether oxygens (including phenoxy) is 1. The van der Waals surface area contributed by atoms with Crippen molar-refractivity contribution in [2.24, 2.45) is 5.92 Å². The minimum atomic E-state index is -0.197. The number of carbonyl (C=O) groups excluding carboxylic acids is 2. The predicted octanol–water partition coefficient (Wildman–Crippen LogP) is 2.79. The molecule has 2 amide bonds. The smallest absolute Gasteiger partial charge is 0.231 e. The van der Waals surface area contributed by atoms with E-state index in [1.54, 1.807) is 11.8 Å². The van der Waals surface area contributed by atoms with Gasteiger partial charge in [-0.3, -0.25) is 9.59 Å². The fourth-order valence-electron chi connectivity index (χ4n) is 3.55. The molecule has 128 valence electrons. The van der Waals surface area contributed by atoms with Crippen molar-refractivity contribution in [3.8, 4) is 5.75 Å². The first-order valence-corrected chi connectivity index (χ1v) is 8.54. The normalized spacial score (nSPS) is 18.1. The molecule has 0 saturated carbocycles. The molecule has 2 aromatic rings. The van der Waals surface area contributed by atoms with Gasteiger partial charge in [-0.1, -0.05) is 18.2 Å². The van der Waals surface area contributed by atoms with Crippen LogP contribution in [0.2, 0.25) is 0 Å². The molecule has 0 fully saturated rings. The van der Waals surface area contributed by atoms with Crippen molar-refractivity contribution in [1.29, 1.82) is 0 Å². The second-order valence-corrected chi connectivity index (χ2v) is 6.57. The van der Waals surface area contributed by atoms with E-state index in [1.165, 1.54) is 0 Å². The maximum absolute atomic E-state index is 12.6. The van der Waals surface area contributed by atoms with Crippen LogP contribution >= 0.6 is 0 Å². The first kappa shape index (κ1) is 15.7. The SMILES string of the molecule is CC(=O)N1CCc2cc(NC(=O)C3COc4ccccc4C3)ccc21. The molecule has 25 heavy (non-hydrogen) atoms. The molecule has 0 aromatic heterocycles. The summed E-state index contributed by atoms with van der Waals surface area (Å²) < 4.78 is 5.70. The van der Waals surface area contributed by atoms with E-state index in [9.17, 15) is 9.59 Å². The lowest BCUT2D eigenvalue weighted by atomic mass is 9.96. The van der Waals surface area contributed by atoms with Gasteiger partial charge in [-0.2, -0.15) is 0 Å². The molecule has 2 aliphatic rings. The van der Waals surface area contributed by atoms with Gasteiger partial charge in [0.05, 0.1) is 5.92 Å². The van der Waals surface area contributed by atoms with Gasteiger partial charge in [0.25, 0.3) is 0 Å². The number of nitrogens with zero attached hydrogens (tertiary/aromatic N) is 1. The van der Waals surface area contributed by atoms with Crippen LogP contribution in [0.3, 0.4) is 0 Å². The first-order valence-electron chi connectivity index (χ1n) is 8.54. The van der Waals surface area contributed by atoms with E-state index < -0.39 is 0 Å². The molecule has 0 bridgehead atoms. The molecule has 0 radical (unpaired) electrons. The predicted molar refractivity (Wildman–Crippen MR) is 95.9 cm³/mol. The summed E-state index contributed by atoms with van der Waals surface area (Å²) in [7, 11) is 0. The minimum Gasteiger partial charge on any atom is -0.492 e. The number of hydrogen-bond donors (Lipinski definition) is 1. The third-order valence-corrected chi connectivity index (χ3v) is 4.87. The molecular weight excluding hydrogens is 316 g/mol. The molecule has 0 aliphatic carbocycles. The van der Waals surface area contributed by atoms with E-state index in [1.807, 2.05) is 42.5 Å². The first-order chi connectivity index (χ1) is 12.1. The zero-order valence-corrected chi connectivity index (χ0v) is 14.1. The highest BCUT2D eigenvalue weighted by atomic mass is 16.5. The number of benzene rings is 2. The zero-order chi connectivity index (χ0) is 17.4. The molecule has 1 atom stereocenters. The van der Waals surface area contributed by atoms with E-state index in [0.29, 0.717) is 19.6 Å². The topological polar surface area (TPSA) is 58.6 Å². The standard InChI is InChI=1S/C20H20N2O3/c1-13(23)22-9-8-14-11-17(6-7-18(14)22)21-20(24)16-10-15-4-2-3-5-19(15)25-12-16/h2-7,11,16H,8-10,12H2,1H3,(H,21,24). The second kappa shape index (κ2) is 6.24. The van der Waals surface area contributed by atoms with Crippen LogP contribution in [0.1, 0.15) is 18.1 Å². The maximum atomic E-state index is 12.6. The molecule has 5 heteroatoms. The van der Waals surface area contributed by atoms with Gasteiger partial charge in [0.1, 0.15) is 12.4 Å². The lowest BCUT2D eigenvalue weighted by molar-refractivity contribution is -0.121. The highest BCUT2D eigenvalue weighted by molar-refractivity contribution is 5.96. The van der Waals surface area contributed by atoms with E-state index in [0.717, 1.165) is 34.7 Å². The number of fused-ring (bicyclic) bond motifs is 2. The van der Waals surface area contributed by atoms with Crippen LogP contribution in [0.25, 0.3) is 0 Å². The van der Waals surface area contributed by atoms with Crippen LogP contribution in [0.15, 0.2) is 42.5 Å². The van der Waals surface area contributed by atoms with Crippen molar-refractivity contribution < 1.29 is 14.3 Å². The number of rotatable bonds is 2. The number of amides is 2. The van der Waals surface area contributed by atoms with Crippen LogP contribution < -0.4 is 15.0 Å². The van der Waals surface area contributed by atoms with E-state index in [-0.39, 0.29) is 17.7 Å². The average molecular weight is 336 g/mol. The van der Waals surface area contributed by atoms with Gasteiger partial charge in [-0.05, 0) is 48.2 Å². The highest BCUT2D eigenvalue weighted by Gasteiger charge is 2.27. The van der Waals surface area contributed by atoms with Crippen LogP contribution in [0.4, 0.5) is 11.4 Å². The van der Waals surface area contributed by atoms with Crippen molar-refractivity contribution in [2.45, 2.75) is 19.8 Å². The number of para-hydroxylation sites is 1. The molecule has 2 aliphatic heterocycles. The van der Waals surface area contributed by atoms with Crippen molar-refractivity contribution >= 4 is 23.2 Å². The molecule has 4 rings (SSSR count). The lowest BCUT2D eigenvalue weighted by Crippen LogP contribution is -2.32. The number of carbonyl (C=O) groups is 2. The lowest BCUT2D eigenvalue weighted by Gasteiger charge is -2.24. The Morgan fingerprint density at radius 3 is 2.84 bits per heavy atom. The Balaban J connectivity index is 1.46. The summed E-state index contributed by atoms with van der Waals surface area (Å²) in [5.74, 6) is 0.690. The number of nitrogens with one attached hydrogen (secondary N) is 1. The maximum Gasteiger partial charge on any atom is 0.231 e. The Bertz CT molecular complexity index is 847. The zero-order valence-electron chi connectivity index (χ0n) is 14.1. The van der Waals surface area contributed by atoms with Gasteiger partial charge in [-0.15, -0.1) is 0 Å². The average Bonchev–Trinajstić information content (AvgIpc) is 3.04. The third-order valence-electron chi connectivity index (χ3n) is 4.87. The summed E-state index contributed by atoms with van der Waals surface area (Å²) in [6.07, 6.45) is 1.50. The molecule has 1 N–H and O–H groups in total. The number of hydrogen-bond acceptors (Lipinski definition) is 3. The molecule has 2 heterocycles. The molecular formula is C20H20N2O3. The van der Waals surface area contributed by atoms with E-state index in [4.69, 9.17) is 4.74 Å². The van der Waals surface area contributed by atoms with Gasteiger partial charge < -0.3 is 15.0 Å². The van der Waals surface area contributed by atoms with E-state index >= 15 is 0 Å². The van der Waals surface area contributed by atoms with Crippen LogP contribution in [0, 0.1) is 5.92 Å². The van der Waals surface area contributed by atoms with Crippen molar-refractivity contribution in [2.75, 3.05) is 23.4 Å². The molecule has 5 nitrogen and oxygen atoms in total. The van der Waals surface area contributed by atoms with Crippen LogP contribution in [-0.4, -0.2) is 25.0 Å². The van der Waals surface area contributed by atoms with Gasteiger partial charge in [0.15, 0.2) is 0 Å². The van der Waals surface area contributed by atoms with Crippen LogP contribution in [-0.2, 0) is 22.4 Å². The number of anilines is 2. The molecule has 0 saturated heterocycles. The second-order valence-electron chi connectivity index (χ2n) is 6.57. The Labute approximate surface area is 146 Å². The Kier molecular flexibility index (Phi) is 3.92. The summed E-state index contributed by atoms with van der Waals surface area (Å²) in [5, 5.41) is 2.99. The molecule has 0 spiro atoms. The highest BCUT2D eigenvalue weighted by Crippen LogP contribution is 2.31. The summed E-state index contributed by atoms with van der Waals surface area (Å²) in [4.78, 5) is 26.0. The Hall–Kier alpha value is -2.82. The quantitative estimate of drug-likeness (QED) is 0.917. The Morgan fingerprint density at radius 2 is 2.00 bits per heavy atom. The van der Waals surface area contributed by atoms with Crippen molar-refractivity contribution in [3.63, 3.8) is 0 Å². The van der Waals surface area contributed by atoms with Gasteiger partial charge in [0, 0.05) is 24.8 Å². The van der Waals surface area contributed by atoms with Gasteiger partial charge >= 0.3 is 0 Å². The molecule has 1 unspecified atom stereocenters. The molecule has 2 aromatic carbocycles. The summed E-state index contributed by atoms with van der Waals surface area (Å²) >= 11 is 0. The van der Waals surface area contributed by atoms with Crippen molar-refractivity contribution in [3.05, 3.63) is 53.6 Å². The fourth-order valence-corrected chi connectivity index (χ4v) is 3.55. The van der Waals surface area contributed by atoms with E-state index in [2.05, 4.69) is 5.32 Å². The largest absolute Gasteiger partial charge is 0.492 e. The fraction of sp³-hybridized carbons (Fsp3) is 0.300. The monoisotopic (exact) mass is 336 g/mol. The van der Waals surface area contributed by atoms with Gasteiger partial charge in [0.2, 0.25) is 11.8 Å². The summed E-state index contributed by atoms with van der Waals surface area (Å²) in [5.41, 5.74) is 3.88. The van der Waals surface area contributed by atoms with Crippen LogP contribution in [0.5, 0.6) is 5.75 Å².